The van der Waals surface area contributed by atoms with Gasteiger partial charge in [-0.25, -0.2) is 0 Å². The van der Waals surface area contributed by atoms with E-state index in [9.17, 15) is 22.8 Å². The summed E-state index contributed by atoms with van der Waals surface area (Å²) in [5.74, 6) is -0.433. The van der Waals surface area contributed by atoms with E-state index in [-0.39, 0.29) is 18.8 Å². The molecule has 0 bridgehead atoms. The fourth-order valence-electron chi connectivity index (χ4n) is 2.53. The fourth-order valence-corrected chi connectivity index (χ4v) is 2.53. The zero-order chi connectivity index (χ0) is 20.0. The average Bonchev–Trinajstić information content (AvgIpc) is 2.64. The minimum absolute atomic E-state index is 0.0253. The Balaban J connectivity index is 2.08. The van der Waals surface area contributed by atoms with E-state index in [4.69, 9.17) is 4.74 Å². The van der Waals surface area contributed by atoms with Gasteiger partial charge in [-0.05, 0) is 30.3 Å². The van der Waals surface area contributed by atoms with Gasteiger partial charge in [0.25, 0.3) is 5.91 Å². The summed E-state index contributed by atoms with van der Waals surface area (Å²) in [5.41, 5.74) is -0.401. The van der Waals surface area contributed by atoms with Crippen LogP contribution in [0.2, 0.25) is 0 Å². The Kier molecular flexibility index (Phi) is 6.44. The van der Waals surface area contributed by atoms with E-state index in [2.05, 4.69) is 5.32 Å². The molecule has 8 heteroatoms. The van der Waals surface area contributed by atoms with E-state index >= 15 is 0 Å². The van der Waals surface area contributed by atoms with Gasteiger partial charge in [0, 0.05) is 25.7 Å². The Morgan fingerprint density at radius 3 is 2.44 bits per heavy atom. The lowest BCUT2D eigenvalue weighted by Crippen LogP contribution is -2.37. The number of nitrogens with one attached hydrogen (secondary N) is 1. The maximum Gasteiger partial charge on any atom is 0.416 e. The maximum absolute atomic E-state index is 12.9. The highest BCUT2D eigenvalue weighted by Crippen LogP contribution is 2.31. The molecule has 0 spiro atoms. The van der Waals surface area contributed by atoms with Gasteiger partial charge in [-0.15, -0.1) is 0 Å². The van der Waals surface area contributed by atoms with Crippen LogP contribution in [0, 0.1) is 0 Å². The van der Waals surface area contributed by atoms with Crippen LogP contribution in [-0.2, 0) is 11.0 Å². The van der Waals surface area contributed by atoms with E-state index in [0.29, 0.717) is 11.3 Å². The van der Waals surface area contributed by atoms with Crippen LogP contribution in [0.5, 0.6) is 5.75 Å². The van der Waals surface area contributed by atoms with Gasteiger partial charge in [0.2, 0.25) is 5.91 Å². The van der Waals surface area contributed by atoms with Crippen molar-refractivity contribution in [1.29, 1.82) is 0 Å². The molecular formula is C19H19F3N2O3. The highest BCUT2D eigenvalue weighted by atomic mass is 19.4. The molecule has 0 atom stereocenters. The van der Waals surface area contributed by atoms with Crippen molar-refractivity contribution in [2.24, 2.45) is 0 Å². The molecule has 2 rings (SSSR count). The molecule has 27 heavy (non-hydrogen) atoms. The van der Waals surface area contributed by atoms with Crippen LogP contribution in [0.3, 0.4) is 0 Å². The second-order valence-electron chi connectivity index (χ2n) is 5.67. The van der Waals surface area contributed by atoms with Gasteiger partial charge in [0.05, 0.1) is 18.2 Å². The molecule has 2 aromatic rings. The van der Waals surface area contributed by atoms with Crippen molar-refractivity contribution in [2.45, 2.75) is 13.1 Å². The molecule has 2 amide bonds. The zero-order valence-electron chi connectivity index (χ0n) is 14.8. The number of nitrogens with zero attached hydrogens (tertiary/aromatic N) is 1. The summed E-state index contributed by atoms with van der Waals surface area (Å²) in [6.07, 6.45) is -4.50. The number of carbonyl (C=O) groups is 2. The van der Waals surface area contributed by atoms with Gasteiger partial charge in [-0.2, -0.15) is 13.2 Å². The monoisotopic (exact) mass is 380 g/mol. The van der Waals surface area contributed by atoms with Crippen LogP contribution in [0.15, 0.2) is 48.5 Å². The molecule has 5 nitrogen and oxygen atoms in total. The van der Waals surface area contributed by atoms with Crippen LogP contribution < -0.4 is 15.0 Å². The molecule has 0 heterocycles. The van der Waals surface area contributed by atoms with Crippen LogP contribution >= 0.6 is 0 Å². The van der Waals surface area contributed by atoms with Crippen molar-refractivity contribution in [3.63, 3.8) is 0 Å². The first kappa shape index (κ1) is 20.3. The van der Waals surface area contributed by atoms with E-state index < -0.39 is 23.6 Å². The van der Waals surface area contributed by atoms with Crippen LogP contribution in [0.1, 0.15) is 22.8 Å². The number of benzene rings is 2. The maximum atomic E-state index is 12.9. The topological polar surface area (TPSA) is 58.6 Å². The molecule has 0 aliphatic rings. The predicted molar refractivity (Wildman–Crippen MR) is 94.8 cm³/mol. The second-order valence-corrected chi connectivity index (χ2v) is 5.67. The lowest BCUT2D eigenvalue weighted by molar-refractivity contribution is -0.137. The number of hydrogen-bond donors (Lipinski definition) is 1. The van der Waals surface area contributed by atoms with Crippen LogP contribution in [-0.4, -0.2) is 32.0 Å². The summed E-state index contributed by atoms with van der Waals surface area (Å²) >= 11 is 0. The number of para-hydroxylation sites is 1. The summed E-state index contributed by atoms with van der Waals surface area (Å²) < 4.78 is 43.7. The minimum atomic E-state index is -4.50. The fraction of sp³-hybridized carbons (Fsp3) is 0.263. The number of methoxy groups -OCH3 is 1. The summed E-state index contributed by atoms with van der Waals surface area (Å²) in [4.78, 5) is 25.3. The Morgan fingerprint density at radius 1 is 1.11 bits per heavy atom. The Morgan fingerprint density at radius 2 is 1.81 bits per heavy atom. The molecule has 0 saturated heterocycles. The Hall–Kier alpha value is -3.03. The number of amides is 2. The summed E-state index contributed by atoms with van der Waals surface area (Å²) in [6.45, 7) is 1.34. The summed E-state index contributed by atoms with van der Waals surface area (Å²) in [6, 6.07) is 11.1. The number of hydrogen-bond acceptors (Lipinski definition) is 3. The summed E-state index contributed by atoms with van der Waals surface area (Å²) in [7, 11) is 1.44. The molecule has 0 radical (unpaired) electrons. The zero-order valence-corrected chi connectivity index (χ0v) is 14.8. The van der Waals surface area contributed by atoms with Crippen molar-refractivity contribution in [2.75, 3.05) is 25.1 Å². The number of anilines is 1. The Labute approximate surface area is 154 Å². The van der Waals surface area contributed by atoms with Crippen molar-refractivity contribution in [3.05, 3.63) is 59.7 Å². The first-order valence-corrected chi connectivity index (χ1v) is 8.10. The smallest absolute Gasteiger partial charge is 0.416 e. The standard InChI is InChI=1S/C19H19F3N2O3/c1-13(25)24(15-7-5-6-14(12-15)19(20,21)22)11-10-23-18(26)16-8-3-4-9-17(16)27-2/h3-9,12H,10-11H2,1-2H3,(H,23,26). The number of halogens is 3. The van der Waals surface area contributed by atoms with Crippen molar-refractivity contribution >= 4 is 17.5 Å². The minimum Gasteiger partial charge on any atom is -0.496 e. The predicted octanol–water partition coefficient (Wildman–Crippen LogP) is 3.50. The quantitative estimate of drug-likeness (QED) is 0.835. The SMILES string of the molecule is COc1ccccc1C(=O)NCCN(C(C)=O)c1cccc(C(F)(F)F)c1. The second kappa shape index (κ2) is 8.57. The first-order chi connectivity index (χ1) is 12.7. The van der Waals surface area contributed by atoms with Gasteiger partial charge >= 0.3 is 6.18 Å². The molecule has 0 aromatic heterocycles. The molecular weight excluding hydrogens is 361 g/mol. The molecule has 1 N–H and O–H groups in total. The third-order valence-electron chi connectivity index (χ3n) is 3.84. The number of carbonyl (C=O) groups excluding carboxylic acids is 2. The van der Waals surface area contributed by atoms with Crippen molar-refractivity contribution in [1.82, 2.24) is 5.32 Å². The number of alkyl halides is 3. The average molecular weight is 380 g/mol. The molecule has 0 aliphatic heterocycles. The van der Waals surface area contributed by atoms with Gasteiger partial charge in [-0.3, -0.25) is 9.59 Å². The summed E-state index contributed by atoms with van der Waals surface area (Å²) in [5, 5.41) is 2.64. The Bertz CT molecular complexity index is 822. The van der Waals surface area contributed by atoms with E-state index in [1.807, 2.05) is 0 Å². The highest BCUT2D eigenvalue weighted by Gasteiger charge is 2.31. The molecule has 0 fully saturated rings. The molecule has 0 aliphatic carbocycles. The van der Waals surface area contributed by atoms with E-state index in [1.165, 1.54) is 31.1 Å². The third-order valence-corrected chi connectivity index (χ3v) is 3.84. The third kappa shape index (κ3) is 5.22. The molecule has 0 unspecified atom stereocenters. The molecule has 0 saturated carbocycles. The highest BCUT2D eigenvalue weighted by molar-refractivity contribution is 5.97. The van der Waals surface area contributed by atoms with E-state index in [0.717, 1.165) is 12.1 Å². The van der Waals surface area contributed by atoms with Crippen LogP contribution in [0.25, 0.3) is 0 Å². The van der Waals surface area contributed by atoms with Gasteiger partial charge in [0.1, 0.15) is 5.75 Å². The van der Waals surface area contributed by atoms with Gasteiger partial charge < -0.3 is 15.0 Å². The molecule has 144 valence electrons. The van der Waals surface area contributed by atoms with Crippen LogP contribution in [0.4, 0.5) is 18.9 Å². The van der Waals surface area contributed by atoms with Crippen molar-refractivity contribution < 1.29 is 27.5 Å². The first-order valence-electron chi connectivity index (χ1n) is 8.10. The normalized spacial score (nSPS) is 11.0. The van der Waals surface area contributed by atoms with Crippen molar-refractivity contribution in [3.8, 4) is 5.75 Å². The van der Waals surface area contributed by atoms with E-state index in [1.54, 1.807) is 24.3 Å². The largest absolute Gasteiger partial charge is 0.496 e. The molecule has 2 aromatic carbocycles. The lowest BCUT2D eigenvalue weighted by Gasteiger charge is -2.22. The van der Waals surface area contributed by atoms with Gasteiger partial charge in [0.15, 0.2) is 0 Å². The number of rotatable bonds is 6. The lowest BCUT2D eigenvalue weighted by atomic mass is 10.1. The van der Waals surface area contributed by atoms with Gasteiger partial charge in [-0.1, -0.05) is 18.2 Å². The number of ether oxygens (including phenoxy) is 1.